The molecule has 0 bridgehead atoms. The number of hydrogen-bond donors (Lipinski definition) is 0. The van der Waals surface area contributed by atoms with Crippen LogP contribution in [0.25, 0.3) is 0 Å². The van der Waals surface area contributed by atoms with Crippen molar-refractivity contribution in [2.24, 2.45) is 5.41 Å². The first kappa shape index (κ1) is 13.6. The summed E-state index contributed by atoms with van der Waals surface area (Å²) in [6.07, 6.45) is 7.04. The van der Waals surface area contributed by atoms with Crippen LogP contribution in [0.1, 0.15) is 46.4 Å². The van der Waals surface area contributed by atoms with Crippen molar-refractivity contribution in [3.63, 3.8) is 0 Å². The lowest BCUT2D eigenvalue weighted by atomic mass is 9.89. The van der Waals surface area contributed by atoms with Gasteiger partial charge in [-0.3, -0.25) is 0 Å². The topological polar surface area (TPSA) is 17.8 Å². The summed E-state index contributed by atoms with van der Waals surface area (Å²) >= 11 is 6.37. The molecule has 1 atom stereocenters. The number of rotatable bonds is 5. The van der Waals surface area contributed by atoms with Crippen molar-refractivity contribution in [2.45, 2.75) is 58.9 Å². The van der Waals surface area contributed by atoms with Crippen molar-refractivity contribution < 1.29 is 0 Å². The molecule has 1 aromatic heterocycles. The average Bonchev–Trinajstić information content (AvgIpc) is 2.61. The van der Waals surface area contributed by atoms with E-state index in [1.54, 1.807) is 0 Å². The van der Waals surface area contributed by atoms with Gasteiger partial charge in [0.15, 0.2) is 0 Å². The van der Waals surface area contributed by atoms with Crippen LogP contribution >= 0.6 is 11.6 Å². The monoisotopic (exact) mass is 242 g/mol. The molecule has 0 aromatic carbocycles. The third kappa shape index (κ3) is 3.82. The predicted molar refractivity (Wildman–Crippen MR) is 69.9 cm³/mol. The highest BCUT2D eigenvalue weighted by Crippen LogP contribution is 2.27. The molecule has 1 unspecified atom stereocenters. The molecule has 0 aliphatic carbocycles. The Morgan fingerprint density at radius 1 is 1.44 bits per heavy atom. The van der Waals surface area contributed by atoms with Gasteiger partial charge < -0.3 is 4.57 Å². The van der Waals surface area contributed by atoms with E-state index in [0.717, 1.165) is 31.6 Å². The fourth-order valence-corrected chi connectivity index (χ4v) is 1.81. The molecular weight excluding hydrogens is 220 g/mol. The van der Waals surface area contributed by atoms with Crippen LogP contribution in [0.2, 0.25) is 0 Å². The summed E-state index contributed by atoms with van der Waals surface area (Å²) in [6, 6.07) is 0. The fourth-order valence-electron chi connectivity index (χ4n) is 1.70. The molecule has 0 radical (unpaired) electrons. The largest absolute Gasteiger partial charge is 0.335 e. The Morgan fingerprint density at radius 2 is 2.12 bits per heavy atom. The van der Waals surface area contributed by atoms with Crippen molar-refractivity contribution in [3.8, 4) is 0 Å². The van der Waals surface area contributed by atoms with E-state index in [1.807, 2.05) is 6.20 Å². The zero-order chi connectivity index (χ0) is 12.2. The minimum atomic E-state index is 0.170. The number of nitrogens with zero attached hydrogens (tertiary/aromatic N) is 2. The van der Waals surface area contributed by atoms with Gasteiger partial charge in [0, 0.05) is 30.7 Å². The second-order valence-corrected chi connectivity index (χ2v) is 5.94. The minimum Gasteiger partial charge on any atom is -0.335 e. The van der Waals surface area contributed by atoms with Gasteiger partial charge in [-0.15, -0.1) is 11.6 Å². The Morgan fingerprint density at radius 3 is 2.69 bits per heavy atom. The first-order valence-electron chi connectivity index (χ1n) is 6.09. The molecule has 3 heteroatoms. The predicted octanol–water partition coefficient (Wildman–Crippen LogP) is 3.88. The van der Waals surface area contributed by atoms with Crippen LogP contribution in [-0.4, -0.2) is 14.9 Å². The molecule has 0 fully saturated rings. The minimum absolute atomic E-state index is 0.170. The highest BCUT2D eigenvalue weighted by atomic mass is 35.5. The Kier molecular flexibility index (Phi) is 4.85. The Hall–Kier alpha value is -0.500. The van der Waals surface area contributed by atoms with Gasteiger partial charge in [0.1, 0.15) is 5.82 Å². The highest BCUT2D eigenvalue weighted by molar-refractivity contribution is 6.21. The van der Waals surface area contributed by atoms with E-state index >= 15 is 0 Å². The van der Waals surface area contributed by atoms with Crippen LogP contribution in [0.15, 0.2) is 12.4 Å². The van der Waals surface area contributed by atoms with Crippen molar-refractivity contribution in [1.82, 2.24) is 9.55 Å². The molecule has 16 heavy (non-hydrogen) atoms. The van der Waals surface area contributed by atoms with Crippen LogP contribution in [0.4, 0.5) is 0 Å². The first-order valence-corrected chi connectivity index (χ1v) is 6.53. The Bertz CT molecular complexity index is 312. The molecule has 0 aliphatic rings. The zero-order valence-corrected chi connectivity index (χ0v) is 11.6. The third-order valence-corrected chi connectivity index (χ3v) is 3.70. The van der Waals surface area contributed by atoms with Crippen LogP contribution in [0, 0.1) is 5.41 Å². The second kappa shape index (κ2) is 5.72. The summed E-state index contributed by atoms with van der Waals surface area (Å²) in [4.78, 5) is 4.39. The normalized spacial score (nSPS) is 14.1. The maximum Gasteiger partial charge on any atom is 0.108 e. The summed E-state index contributed by atoms with van der Waals surface area (Å²) in [5.41, 5.74) is 0.170. The number of alkyl halides is 1. The van der Waals surface area contributed by atoms with Crippen LogP contribution < -0.4 is 0 Å². The molecule has 92 valence electrons. The van der Waals surface area contributed by atoms with E-state index in [2.05, 4.69) is 43.4 Å². The summed E-state index contributed by atoms with van der Waals surface area (Å²) < 4.78 is 2.23. The maximum absolute atomic E-state index is 6.37. The molecule has 0 N–H and O–H groups in total. The van der Waals surface area contributed by atoms with Crippen molar-refractivity contribution >= 4 is 11.6 Å². The first-order chi connectivity index (χ1) is 7.45. The van der Waals surface area contributed by atoms with Gasteiger partial charge in [-0.05, 0) is 18.3 Å². The van der Waals surface area contributed by atoms with Gasteiger partial charge in [-0.1, -0.05) is 27.7 Å². The highest BCUT2D eigenvalue weighted by Gasteiger charge is 2.22. The maximum atomic E-state index is 6.37. The lowest BCUT2D eigenvalue weighted by Crippen LogP contribution is -2.21. The smallest absolute Gasteiger partial charge is 0.108 e. The van der Waals surface area contributed by atoms with Gasteiger partial charge in [-0.25, -0.2) is 4.98 Å². The molecule has 1 heterocycles. The summed E-state index contributed by atoms with van der Waals surface area (Å²) in [7, 11) is 0. The van der Waals surface area contributed by atoms with E-state index in [1.165, 1.54) is 0 Å². The van der Waals surface area contributed by atoms with Crippen LogP contribution in [0.3, 0.4) is 0 Å². The number of hydrogen-bond acceptors (Lipinski definition) is 1. The van der Waals surface area contributed by atoms with Crippen molar-refractivity contribution in [1.29, 1.82) is 0 Å². The molecule has 1 aromatic rings. The van der Waals surface area contributed by atoms with E-state index in [4.69, 9.17) is 11.6 Å². The Labute approximate surface area is 104 Å². The van der Waals surface area contributed by atoms with Gasteiger partial charge in [0.2, 0.25) is 0 Å². The molecule has 0 saturated heterocycles. The van der Waals surface area contributed by atoms with Gasteiger partial charge in [0.05, 0.1) is 0 Å². The summed E-state index contributed by atoms with van der Waals surface area (Å²) in [6.45, 7) is 9.79. The summed E-state index contributed by atoms with van der Waals surface area (Å²) in [5, 5.41) is 0.208. The Balaban J connectivity index is 2.51. The van der Waals surface area contributed by atoms with E-state index < -0.39 is 0 Å². The van der Waals surface area contributed by atoms with Gasteiger partial charge >= 0.3 is 0 Å². The molecule has 0 aliphatic heterocycles. The molecule has 1 rings (SSSR count). The average molecular weight is 243 g/mol. The quantitative estimate of drug-likeness (QED) is 0.717. The van der Waals surface area contributed by atoms with Crippen molar-refractivity contribution in [3.05, 3.63) is 18.2 Å². The zero-order valence-electron chi connectivity index (χ0n) is 10.8. The molecular formula is C13H23ClN2. The van der Waals surface area contributed by atoms with E-state index in [0.29, 0.717) is 0 Å². The molecule has 0 spiro atoms. The third-order valence-electron chi connectivity index (χ3n) is 2.83. The molecule has 0 saturated carbocycles. The van der Waals surface area contributed by atoms with E-state index in [-0.39, 0.29) is 10.8 Å². The summed E-state index contributed by atoms with van der Waals surface area (Å²) in [5.74, 6) is 1.16. The van der Waals surface area contributed by atoms with Crippen LogP contribution in [0.5, 0.6) is 0 Å². The number of aromatic nitrogens is 2. The molecule has 0 amide bonds. The number of imidazole rings is 1. The van der Waals surface area contributed by atoms with Crippen molar-refractivity contribution in [2.75, 3.05) is 0 Å². The standard InChI is InChI=1S/C13H23ClN2/c1-5-9-16-10-8-15-12(16)7-6-11(14)13(2,3)4/h8,10-11H,5-7,9H2,1-4H3. The van der Waals surface area contributed by atoms with Gasteiger partial charge in [0.25, 0.3) is 0 Å². The lowest BCUT2D eigenvalue weighted by Gasteiger charge is -2.24. The van der Waals surface area contributed by atoms with E-state index in [9.17, 15) is 0 Å². The molecule has 2 nitrogen and oxygen atoms in total. The lowest BCUT2D eigenvalue weighted by molar-refractivity contribution is 0.371. The second-order valence-electron chi connectivity index (χ2n) is 5.41. The fraction of sp³-hybridized carbons (Fsp3) is 0.769. The van der Waals surface area contributed by atoms with Gasteiger partial charge in [-0.2, -0.15) is 0 Å². The van der Waals surface area contributed by atoms with Crippen LogP contribution in [-0.2, 0) is 13.0 Å². The number of aryl methyl sites for hydroxylation is 2. The number of halogens is 1. The SMILES string of the molecule is CCCn1ccnc1CCC(Cl)C(C)(C)C.